The van der Waals surface area contributed by atoms with E-state index in [1.165, 1.54) is 76.3 Å². The molecule has 0 radical (unpaired) electrons. The zero-order valence-electron chi connectivity index (χ0n) is 40.1. The molecular weight excluding hydrogens is 899 g/mol. The van der Waals surface area contributed by atoms with E-state index in [1.54, 1.807) is 0 Å². The van der Waals surface area contributed by atoms with Gasteiger partial charge in [-0.25, -0.2) is 4.98 Å². The molecular formula is C69H43N5. The molecule has 0 aliphatic rings. The van der Waals surface area contributed by atoms with Gasteiger partial charge in [0.15, 0.2) is 0 Å². The van der Waals surface area contributed by atoms with Crippen molar-refractivity contribution in [2.75, 3.05) is 0 Å². The second-order valence-electron chi connectivity index (χ2n) is 19.5. The maximum atomic E-state index is 5.54. The van der Waals surface area contributed by atoms with Gasteiger partial charge in [-0.05, 0) is 107 Å². The molecule has 0 spiro atoms. The predicted octanol–water partition coefficient (Wildman–Crippen LogP) is 18.0. The number of fused-ring (bicyclic) bond motifs is 13. The zero-order chi connectivity index (χ0) is 48.4. The first kappa shape index (κ1) is 40.7. The lowest BCUT2D eigenvalue weighted by molar-refractivity contribution is 1.08. The van der Waals surface area contributed by atoms with Crippen LogP contribution in [-0.4, -0.2) is 23.3 Å². The molecule has 344 valence electrons. The maximum absolute atomic E-state index is 5.54. The fourth-order valence-corrected chi connectivity index (χ4v) is 12.3. The molecule has 0 N–H and O–H groups in total. The first-order valence-corrected chi connectivity index (χ1v) is 25.4. The molecule has 5 heteroatoms. The van der Waals surface area contributed by atoms with Crippen molar-refractivity contribution in [1.82, 2.24) is 23.3 Å². The van der Waals surface area contributed by atoms with Gasteiger partial charge in [-0.15, -0.1) is 0 Å². The topological polar surface area (TPSA) is 32.6 Å². The SMILES string of the molecule is c1ccc(-n2c3ccccc3c3cc(-c4ccc5c6ccccc6n(-c6cnc(-n7c8ccccc8c8ccc(-c9ccc%10c(c9)c9ccccc9n%10-c9ccccc9)cc87)c7ccccc67)c5c4)ccc32)cc1. The molecule has 74 heavy (non-hydrogen) atoms. The molecule has 0 unspecified atom stereocenters. The first-order valence-electron chi connectivity index (χ1n) is 25.4. The Morgan fingerprint density at radius 2 is 0.554 bits per heavy atom. The molecule has 0 aliphatic carbocycles. The highest BCUT2D eigenvalue weighted by molar-refractivity contribution is 6.16. The van der Waals surface area contributed by atoms with E-state index in [2.05, 4.69) is 279 Å². The maximum Gasteiger partial charge on any atom is 0.145 e. The quantitative estimate of drug-likeness (QED) is 0.163. The van der Waals surface area contributed by atoms with Crippen molar-refractivity contribution in [2.24, 2.45) is 0 Å². The van der Waals surface area contributed by atoms with Crippen molar-refractivity contribution in [3.8, 4) is 45.1 Å². The van der Waals surface area contributed by atoms with Gasteiger partial charge in [-0.2, -0.15) is 0 Å². The number of benzene rings is 11. The molecule has 0 saturated heterocycles. The third kappa shape index (κ3) is 5.89. The van der Waals surface area contributed by atoms with Gasteiger partial charge in [0.05, 0.1) is 56.0 Å². The van der Waals surface area contributed by atoms with Crippen LogP contribution in [-0.2, 0) is 0 Å². The molecule has 0 amide bonds. The van der Waals surface area contributed by atoms with Crippen LogP contribution in [0.2, 0.25) is 0 Å². The summed E-state index contributed by atoms with van der Waals surface area (Å²) >= 11 is 0. The summed E-state index contributed by atoms with van der Waals surface area (Å²) in [5.41, 5.74) is 17.3. The molecule has 0 bridgehead atoms. The molecule has 5 aromatic heterocycles. The first-order chi connectivity index (χ1) is 36.7. The summed E-state index contributed by atoms with van der Waals surface area (Å²) in [5, 5.41) is 12.0. The number of nitrogens with zero attached hydrogens (tertiary/aromatic N) is 5. The molecule has 0 saturated carbocycles. The predicted molar refractivity (Wildman–Crippen MR) is 310 cm³/mol. The number of aromatic nitrogens is 5. The van der Waals surface area contributed by atoms with Gasteiger partial charge < -0.3 is 13.7 Å². The van der Waals surface area contributed by atoms with E-state index in [-0.39, 0.29) is 0 Å². The summed E-state index contributed by atoms with van der Waals surface area (Å²) in [5.74, 6) is 0.901. The number of pyridine rings is 1. The highest BCUT2D eigenvalue weighted by Crippen LogP contribution is 2.43. The highest BCUT2D eigenvalue weighted by Gasteiger charge is 2.22. The Labute approximate surface area is 425 Å². The lowest BCUT2D eigenvalue weighted by Gasteiger charge is -2.16. The Morgan fingerprint density at radius 1 is 0.216 bits per heavy atom. The highest BCUT2D eigenvalue weighted by atomic mass is 15.1. The average molecular weight is 942 g/mol. The number of rotatable bonds is 6. The van der Waals surface area contributed by atoms with Crippen LogP contribution in [0.3, 0.4) is 0 Å². The van der Waals surface area contributed by atoms with Crippen LogP contribution in [0.4, 0.5) is 0 Å². The monoisotopic (exact) mass is 941 g/mol. The van der Waals surface area contributed by atoms with Crippen LogP contribution < -0.4 is 0 Å². The standard InChI is InChI=1S/C69H43N5/c1-3-17-48(18-4-1)71-60-27-13-11-24-53(60)58-39-44(33-37-64(58)71)46-31-35-55-50-21-9-15-29-62(50)73(66(55)41-46)68-43-70-69(57-26-8-7-23-52(57)68)74-63-30-16-10-22-51(63)56-36-32-47(42-67(56)74)45-34-38-65-59(40-45)54-25-12-14-28-61(54)72(65)49-19-5-2-6-20-49/h1-43H. The zero-order valence-corrected chi connectivity index (χ0v) is 40.1. The minimum Gasteiger partial charge on any atom is -0.309 e. The van der Waals surface area contributed by atoms with E-state index in [1.807, 2.05) is 0 Å². The van der Waals surface area contributed by atoms with Crippen molar-refractivity contribution >= 4 is 98.0 Å². The Kier molecular flexibility index (Phi) is 8.68. The van der Waals surface area contributed by atoms with Crippen LogP contribution in [0, 0.1) is 0 Å². The van der Waals surface area contributed by atoms with E-state index in [4.69, 9.17) is 4.98 Å². The largest absolute Gasteiger partial charge is 0.309 e. The second kappa shape index (κ2) is 15.8. The van der Waals surface area contributed by atoms with Crippen molar-refractivity contribution in [1.29, 1.82) is 0 Å². The summed E-state index contributed by atoms with van der Waals surface area (Å²) in [6.07, 6.45) is 2.10. The van der Waals surface area contributed by atoms with Crippen molar-refractivity contribution in [3.05, 3.63) is 261 Å². The Hall–Kier alpha value is -9.97. The third-order valence-corrected chi connectivity index (χ3v) is 15.6. The van der Waals surface area contributed by atoms with Crippen molar-refractivity contribution in [3.63, 3.8) is 0 Å². The fourth-order valence-electron chi connectivity index (χ4n) is 12.3. The molecule has 5 nitrogen and oxygen atoms in total. The number of hydrogen-bond acceptors (Lipinski definition) is 1. The molecule has 0 atom stereocenters. The molecule has 0 aliphatic heterocycles. The van der Waals surface area contributed by atoms with Crippen LogP contribution in [0.1, 0.15) is 0 Å². The molecule has 0 fully saturated rings. The average Bonchev–Trinajstić information content (AvgIpc) is 4.20. The second-order valence-corrected chi connectivity index (χ2v) is 19.5. The van der Waals surface area contributed by atoms with Crippen LogP contribution in [0.15, 0.2) is 261 Å². The van der Waals surface area contributed by atoms with Crippen LogP contribution >= 0.6 is 0 Å². The van der Waals surface area contributed by atoms with Gasteiger partial charge in [0.25, 0.3) is 0 Å². The molecule has 5 heterocycles. The lowest BCUT2D eigenvalue weighted by Crippen LogP contribution is -2.03. The van der Waals surface area contributed by atoms with Crippen LogP contribution in [0.5, 0.6) is 0 Å². The van der Waals surface area contributed by atoms with E-state index in [9.17, 15) is 0 Å². The van der Waals surface area contributed by atoms with Gasteiger partial charge in [0, 0.05) is 65.2 Å². The smallest absolute Gasteiger partial charge is 0.145 e. The number of para-hydroxylation sites is 6. The summed E-state index contributed by atoms with van der Waals surface area (Å²) in [4.78, 5) is 5.54. The number of hydrogen-bond donors (Lipinski definition) is 0. The van der Waals surface area contributed by atoms with E-state index < -0.39 is 0 Å². The van der Waals surface area contributed by atoms with Gasteiger partial charge >= 0.3 is 0 Å². The third-order valence-electron chi connectivity index (χ3n) is 15.6. The Bertz CT molecular complexity index is 4640. The van der Waals surface area contributed by atoms with Gasteiger partial charge in [0.2, 0.25) is 0 Å². The fraction of sp³-hybridized carbons (Fsp3) is 0. The summed E-state index contributed by atoms with van der Waals surface area (Å²) < 4.78 is 9.57. The van der Waals surface area contributed by atoms with E-state index in [0.29, 0.717) is 0 Å². The summed E-state index contributed by atoms with van der Waals surface area (Å²) in [6, 6.07) is 92.9. The normalized spacial score (nSPS) is 12.1. The van der Waals surface area contributed by atoms with Gasteiger partial charge in [-0.3, -0.25) is 4.57 Å². The van der Waals surface area contributed by atoms with E-state index in [0.717, 1.165) is 66.8 Å². The van der Waals surface area contributed by atoms with Gasteiger partial charge in [-0.1, -0.05) is 170 Å². The van der Waals surface area contributed by atoms with Crippen molar-refractivity contribution < 1.29 is 0 Å². The van der Waals surface area contributed by atoms with Crippen LogP contribution in [0.25, 0.3) is 143 Å². The lowest BCUT2D eigenvalue weighted by atomic mass is 10.0. The van der Waals surface area contributed by atoms with Crippen molar-refractivity contribution in [2.45, 2.75) is 0 Å². The minimum absolute atomic E-state index is 0.901. The molecule has 11 aromatic carbocycles. The minimum atomic E-state index is 0.901. The summed E-state index contributed by atoms with van der Waals surface area (Å²) in [6.45, 7) is 0. The van der Waals surface area contributed by atoms with E-state index >= 15 is 0 Å². The Morgan fingerprint density at radius 3 is 1.05 bits per heavy atom. The van der Waals surface area contributed by atoms with Gasteiger partial charge in [0.1, 0.15) is 5.82 Å². The summed E-state index contributed by atoms with van der Waals surface area (Å²) in [7, 11) is 0. The molecule has 16 aromatic rings. The Balaban J connectivity index is 0.871. The molecule has 16 rings (SSSR count).